The van der Waals surface area contributed by atoms with E-state index in [0.717, 1.165) is 5.39 Å². The first kappa shape index (κ1) is 14.9. The van der Waals surface area contributed by atoms with E-state index < -0.39 is 5.91 Å². The minimum Gasteiger partial charge on any atom is -0.493 e. The molecular weight excluding hydrogens is 322 g/mol. The van der Waals surface area contributed by atoms with Crippen molar-refractivity contribution in [1.82, 2.24) is 19.5 Å². The number of aromatic nitrogens is 4. The summed E-state index contributed by atoms with van der Waals surface area (Å²) in [5, 5.41) is 3.49. The normalized spacial score (nSPS) is 10.8. The van der Waals surface area contributed by atoms with Crippen LogP contribution in [0.3, 0.4) is 0 Å². The topological polar surface area (TPSA) is 95.1 Å². The highest BCUT2D eigenvalue weighted by atomic mass is 16.5. The number of nitrogens with zero attached hydrogens (tertiary/aromatic N) is 4. The number of hydrogen-bond donors (Lipinski definition) is 1. The molecule has 8 heteroatoms. The van der Waals surface area contributed by atoms with Gasteiger partial charge in [-0.15, -0.1) is 0 Å². The van der Waals surface area contributed by atoms with E-state index in [4.69, 9.17) is 9.15 Å². The van der Waals surface area contributed by atoms with Gasteiger partial charge in [0.05, 0.1) is 25.2 Å². The van der Waals surface area contributed by atoms with Gasteiger partial charge in [-0.2, -0.15) is 0 Å². The van der Waals surface area contributed by atoms with Gasteiger partial charge in [-0.25, -0.2) is 15.0 Å². The molecule has 1 aromatic carbocycles. The maximum absolute atomic E-state index is 12.4. The molecule has 4 aromatic rings. The van der Waals surface area contributed by atoms with Gasteiger partial charge in [0.2, 0.25) is 5.95 Å². The molecular formula is C17H13N5O3. The van der Waals surface area contributed by atoms with Gasteiger partial charge in [0, 0.05) is 17.8 Å². The summed E-state index contributed by atoms with van der Waals surface area (Å²) in [6.07, 6.45) is 7.99. The number of ether oxygens (including phenoxy) is 1. The molecule has 3 heterocycles. The predicted molar refractivity (Wildman–Crippen MR) is 89.9 cm³/mol. The molecule has 8 nitrogen and oxygen atoms in total. The quantitative estimate of drug-likeness (QED) is 0.616. The Kier molecular flexibility index (Phi) is 3.62. The number of para-hydroxylation sites is 1. The van der Waals surface area contributed by atoms with Crippen LogP contribution in [0.25, 0.3) is 16.9 Å². The summed E-state index contributed by atoms with van der Waals surface area (Å²) in [7, 11) is 1.55. The van der Waals surface area contributed by atoms with Crippen LogP contribution in [0.4, 0.5) is 5.69 Å². The lowest BCUT2D eigenvalue weighted by molar-refractivity contribution is 0.0998. The number of nitrogens with one attached hydrogen (secondary N) is 1. The third-order valence-corrected chi connectivity index (χ3v) is 3.58. The van der Waals surface area contributed by atoms with Crippen molar-refractivity contribution in [1.29, 1.82) is 0 Å². The van der Waals surface area contributed by atoms with E-state index in [-0.39, 0.29) is 5.76 Å². The van der Waals surface area contributed by atoms with Crippen molar-refractivity contribution in [3.8, 4) is 11.7 Å². The molecule has 124 valence electrons. The van der Waals surface area contributed by atoms with E-state index in [1.807, 2.05) is 12.1 Å². The fourth-order valence-electron chi connectivity index (χ4n) is 2.40. The molecule has 3 aromatic heterocycles. The molecule has 0 fully saturated rings. The number of carbonyl (C=O) groups is 1. The van der Waals surface area contributed by atoms with Crippen LogP contribution in [0.2, 0.25) is 0 Å². The van der Waals surface area contributed by atoms with Gasteiger partial charge in [0.1, 0.15) is 6.33 Å². The van der Waals surface area contributed by atoms with Crippen molar-refractivity contribution in [3.05, 3.63) is 61.1 Å². The van der Waals surface area contributed by atoms with Gasteiger partial charge < -0.3 is 14.5 Å². The lowest BCUT2D eigenvalue weighted by atomic mass is 10.2. The van der Waals surface area contributed by atoms with Crippen molar-refractivity contribution in [2.24, 2.45) is 0 Å². The van der Waals surface area contributed by atoms with Gasteiger partial charge >= 0.3 is 0 Å². The van der Waals surface area contributed by atoms with Crippen LogP contribution in [0.5, 0.6) is 5.75 Å². The van der Waals surface area contributed by atoms with Crippen LogP contribution < -0.4 is 10.1 Å². The molecule has 0 spiro atoms. The van der Waals surface area contributed by atoms with Crippen molar-refractivity contribution in [2.45, 2.75) is 0 Å². The Morgan fingerprint density at radius 1 is 1.28 bits per heavy atom. The maximum Gasteiger partial charge on any atom is 0.291 e. The van der Waals surface area contributed by atoms with E-state index in [9.17, 15) is 4.79 Å². The standard InChI is InChI=1S/C17H13N5O3/c1-24-13-4-2-3-11-7-14(25-15(11)13)16(23)21-12-8-19-17(20-9-12)22-6-5-18-10-22/h2-10H,1H3,(H,21,23). The zero-order chi connectivity index (χ0) is 17.2. The molecule has 0 saturated carbocycles. The van der Waals surface area contributed by atoms with E-state index in [1.54, 1.807) is 42.5 Å². The molecule has 4 rings (SSSR count). The summed E-state index contributed by atoms with van der Waals surface area (Å²) in [5.74, 6) is 0.823. The predicted octanol–water partition coefficient (Wildman–Crippen LogP) is 2.67. The van der Waals surface area contributed by atoms with Crippen LogP contribution in [0.15, 0.2) is 59.8 Å². The van der Waals surface area contributed by atoms with E-state index in [0.29, 0.717) is 23.0 Å². The van der Waals surface area contributed by atoms with Gasteiger partial charge in [0.15, 0.2) is 17.1 Å². The van der Waals surface area contributed by atoms with Crippen molar-refractivity contribution < 1.29 is 13.9 Å². The highest BCUT2D eigenvalue weighted by Gasteiger charge is 2.15. The Hall–Kier alpha value is -3.68. The van der Waals surface area contributed by atoms with Crippen molar-refractivity contribution in [2.75, 3.05) is 12.4 Å². The Bertz CT molecular complexity index is 1020. The average molecular weight is 335 g/mol. The third-order valence-electron chi connectivity index (χ3n) is 3.58. The van der Waals surface area contributed by atoms with Crippen LogP contribution >= 0.6 is 0 Å². The largest absolute Gasteiger partial charge is 0.493 e. The molecule has 0 aliphatic heterocycles. The van der Waals surface area contributed by atoms with Crippen LogP contribution in [-0.4, -0.2) is 32.5 Å². The lowest BCUT2D eigenvalue weighted by Gasteiger charge is -2.04. The fraction of sp³-hybridized carbons (Fsp3) is 0.0588. The van der Waals surface area contributed by atoms with E-state index in [1.165, 1.54) is 12.4 Å². The smallest absolute Gasteiger partial charge is 0.291 e. The number of carbonyl (C=O) groups excluding carboxylic acids is 1. The minimum absolute atomic E-state index is 0.179. The Balaban J connectivity index is 1.56. The summed E-state index contributed by atoms with van der Waals surface area (Å²) in [6, 6.07) is 7.12. The first-order valence-electron chi connectivity index (χ1n) is 7.43. The van der Waals surface area contributed by atoms with Crippen LogP contribution in [0.1, 0.15) is 10.6 Å². The molecule has 1 amide bonds. The average Bonchev–Trinajstić information content (AvgIpc) is 3.31. The van der Waals surface area contributed by atoms with Crippen molar-refractivity contribution >= 4 is 22.6 Å². The Labute approximate surface area is 142 Å². The van der Waals surface area contributed by atoms with E-state index >= 15 is 0 Å². The zero-order valence-corrected chi connectivity index (χ0v) is 13.2. The number of amides is 1. The first-order chi connectivity index (χ1) is 12.2. The monoisotopic (exact) mass is 335 g/mol. The molecule has 0 bridgehead atoms. The number of fused-ring (bicyclic) bond motifs is 1. The second-order valence-corrected chi connectivity index (χ2v) is 5.19. The highest BCUT2D eigenvalue weighted by molar-refractivity contribution is 6.04. The summed E-state index contributed by atoms with van der Waals surface area (Å²) >= 11 is 0. The number of imidazole rings is 1. The second-order valence-electron chi connectivity index (χ2n) is 5.19. The maximum atomic E-state index is 12.4. The first-order valence-corrected chi connectivity index (χ1v) is 7.43. The SMILES string of the molecule is COc1cccc2cc(C(=O)Nc3cnc(-n4ccnc4)nc3)oc12. The number of furan rings is 1. The summed E-state index contributed by atoms with van der Waals surface area (Å²) in [4.78, 5) is 24.7. The van der Waals surface area contributed by atoms with E-state index in [2.05, 4.69) is 20.3 Å². The molecule has 0 unspecified atom stereocenters. The number of methoxy groups -OCH3 is 1. The second kappa shape index (κ2) is 6.08. The highest BCUT2D eigenvalue weighted by Crippen LogP contribution is 2.28. The number of rotatable bonds is 4. The van der Waals surface area contributed by atoms with Gasteiger partial charge in [-0.05, 0) is 12.1 Å². The summed E-state index contributed by atoms with van der Waals surface area (Å²) in [5.41, 5.74) is 0.989. The van der Waals surface area contributed by atoms with Crippen LogP contribution in [0, 0.1) is 0 Å². The molecule has 0 aliphatic carbocycles. The fourth-order valence-corrected chi connectivity index (χ4v) is 2.40. The molecule has 0 atom stereocenters. The molecule has 0 aliphatic rings. The van der Waals surface area contributed by atoms with Gasteiger partial charge in [-0.3, -0.25) is 9.36 Å². The van der Waals surface area contributed by atoms with Crippen LogP contribution in [-0.2, 0) is 0 Å². The molecule has 0 radical (unpaired) electrons. The van der Waals surface area contributed by atoms with Gasteiger partial charge in [0.25, 0.3) is 5.91 Å². The molecule has 25 heavy (non-hydrogen) atoms. The Morgan fingerprint density at radius 3 is 2.84 bits per heavy atom. The molecule has 1 N–H and O–H groups in total. The van der Waals surface area contributed by atoms with Gasteiger partial charge in [-0.1, -0.05) is 12.1 Å². The van der Waals surface area contributed by atoms with Crippen molar-refractivity contribution in [3.63, 3.8) is 0 Å². The minimum atomic E-state index is -0.391. The zero-order valence-electron chi connectivity index (χ0n) is 13.2. The Morgan fingerprint density at radius 2 is 2.12 bits per heavy atom. The molecule has 0 saturated heterocycles. The number of hydrogen-bond acceptors (Lipinski definition) is 6. The third kappa shape index (κ3) is 2.80. The summed E-state index contributed by atoms with van der Waals surface area (Å²) < 4.78 is 12.5. The number of anilines is 1. The number of benzene rings is 1. The summed E-state index contributed by atoms with van der Waals surface area (Å²) in [6.45, 7) is 0. The lowest BCUT2D eigenvalue weighted by Crippen LogP contribution is -2.11.